The Kier molecular flexibility index (Phi) is 4.32. The summed E-state index contributed by atoms with van der Waals surface area (Å²) in [7, 11) is -1.66. The van der Waals surface area contributed by atoms with Crippen molar-refractivity contribution in [2.75, 3.05) is 6.61 Å². The maximum absolute atomic E-state index is 12.9. The van der Waals surface area contributed by atoms with E-state index < -0.39 is 7.80 Å². The lowest BCUT2D eigenvalue weighted by molar-refractivity contribution is 0.236. The van der Waals surface area contributed by atoms with Gasteiger partial charge in [-0.05, 0) is 29.7 Å². The van der Waals surface area contributed by atoms with Crippen molar-refractivity contribution < 1.29 is 9.30 Å². The number of ether oxygens (including phenoxy) is 1. The van der Waals surface area contributed by atoms with Crippen LogP contribution in [-0.4, -0.2) is 18.5 Å². The van der Waals surface area contributed by atoms with Gasteiger partial charge >= 0.3 is 7.80 Å². The second-order valence-electron chi connectivity index (χ2n) is 6.77. The molecule has 2 aromatic rings. The first-order chi connectivity index (χ1) is 11.0. The zero-order chi connectivity index (χ0) is 16.4. The topological polar surface area (TPSA) is 38.7 Å². The third-order valence-electron chi connectivity index (χ3n) is 3.99. The third kappa shape index (κ3) is 3.35. The molecule has 2 atom stereocenters. The zero-order valence-electron chi connectivity index (χ0n) is 13.7. The highest BCUT2D eigenvalue weighted by atomic mass is 31.1. The van der Waals surface area contributed by atoms with E-state index in [1.165, 1.54) is 0 Å². The van der Waals surface area contributed by atoms with Crippen LogP contribution in [0.1, 0.15) is 26.3 Å². The van der Waals surface area contributed by atoms with E-state index in [0.717, 1.165) is 16.2 Å². The first-order valence-electron chi connectivity index (χ1n) is 7.79. The molecule has 0 bridgehead atoms. The Morgan fingerprint density at radius 1 is 1.04 bits per heavy atom. The number of hydrogen-bond acceptors (Lipinski definition) is 3. The molecule has 23 heavy (non-hydrogen) atoms. The van der Waals surface area contributed by atoms with Crippen molar-refractivity contribution >= 4 is 24.3 Å². The highest BCUT2D eigenvalue weighted by Gasteiger charge is 2.34. The monoisotopic (exact) mass is 326 g/mol. The molecule has 0 N–H and O–H groups in total. The standard InChI is InChI=1S/C19H21NO2P/c1-19(2,3)17-13-22-18(20-17)15-11-7-8-12-16(15)23(21)14-9-5-4-6-10-14/h4-12,17H,13H2,1-3H3/q+1/t17-/m1/s1. The van der Waals surface area contributed by atoms with Gasteiger partial charge in [-0.15, -0.1) is 0 Å². The molecule has 0 aliphatic carbocycles. The number of aliphatic imine (C=N–C) groups is 1. The van der Waals surface area contributed by atoms with E-state index in [2.05, 4.69) is 20.8 Å². The molecule has 118 valence electrons. The minimum Gasteiger partial charge on any atom is -0.475 e. The average molecular weight is 326 g/mol. The summed E-state index contributed by atoms with van der Waals surface area (Å²) >= 11 is 0. The van der Waals surface area contributed by atoms with Crippen molar-refractivity contribution in [1.29, 1.82) is 0 Å². The van der Waals surface area contributed by atoms with Gasteiger partial charge in [-0.25, -0.2) is 4.99 Å². The summed E-state index contributed by atoms with van der Waals surface area (Å²) in [6, 6.07) is 17.3. The molecule has 0 spiro atoms. The van der Waals surface area contributed by atoms with Crippen LogP contribution < -0.4 is 10.6 Å². The molecule has 3 nitrogen and oxygen atoms in total. The van der Waals surface area contributed by atoms with E-state index in [1.807, 2.05) is 54.6 Å². The van der Waals surface area contributed by atoms with Crippen LogP contribution in [0.25, 0.3) is 0 Å². The summed E-state index contributed by atoms with van der Waals surface area (Å²) in [5.41, 5.74) is 0.891. The molecule has 0 radical (unpaired) electrons. The summed E-state index contributed by atoms with van der Waals surface area (Å²) in [6.07, 6.45) is 0. The average Bonchev–Trinajstić information content (AvgIpc) is 3.05. The van der Waals surface area contributed by atoms with Gasteiger partial charge in [-0.2, -0.15) is 0 Å². The van der Waals surface area contributed by atoms with Crippen LogP contribution in [-0.2, 0) is 9.30 Å². The molecule has 2 aromatic carbocycles. The summed E-state index contributed by atoms with van der Waals surface area (Å²) in [5, 5.41) is 1.60. The largest absolute Gasteiger partial charge is 0.475 e. The van der Waals surface area contributed by atoms with Gasteiger partial charge in [0, 0.05) is 0 Å². The Morgan fingerprint density at radius 3 is 2.35 bits per heavy atom. The molecule has 1 aliphatic rings. The SMILES string of the molecule is CC(C)(C)[C@H]1COC(c2ccccc2[P+](=O)c2ccccc2)=N1. The Balaban J connectivity index is 1.98. The lowest BCUT2D eigenvalue weighted by Crippen LogP contribution is -2.25. The Hall–Kier alpha value is -1.99. The Bertz CT molecular complexity index is 747. The van der Waals surface area contributed by atoms with Crippen LogP contribution in [0.5, 0.6) is 0 Å². The fourth-order valence-electron chi connectivity index (χ4n) is 2.50. The molecule has 3 rings (SSSR count). The predicted octanol–water partition coefficient (Wildman–Crippen LogP) is 3.66. The van der Waals surface area contributed by atoms with Crippen LogP contribution in [0, 0.1) is 5.41 Å². The Morgan fingerprint density at radius 2 is 1.70 bits per heavy atom. The summed E-state index contributed by atoms with van der Waals surface area (Å²) in [5.74, 6) is 0.611. The molecule has 0 fully saturated rings. The number of hydrogen-bond donors (Lipinski definition) is 0. The quantitative estimate of drug-likeness (QED) is 0.808. The van der Waals surface area contributed by atoms with Gasteiger partial charge in [0.1, 0.15) is 6.61 Å². The molecule has 0 saturated heterocycles. The molecule has 4 heteroatoms. The van der Waals surface area contributed by atoms with Gasteiger partial charge in [0.2, 0.25) is 11.2 Å². The predicted molar refractivity (Wildman–Crippen MR) is 95.5 cm³/mol. The van der Waals surface area contributed by atoms with Crippen molar-refractivity contribution in [1.82, 2.24) is 0 Å². The van der Waals surface area contributed by atoms with Crippen molar-refractivity contribution in [3.63, 3.8) is 0 Å². The van der Waals surface area contributed by atoms with Crippen LogP contribution in [0.3, 0.4) is 0 Å². The normalized spacial score (nSPS) is 18.3. The summed E-state index contributed by atoms with van der Waals surface area (Å²) in [4.78, 5) is 4.73. The maximum Gasteiger partial charge on any atom is 0.416 e. The van der Waals surface area contributed by atoms with Gasteiger partial charge in [0.25, 0.3) is 0 Å². The van der Waals surface area contributed by atoms with Crippen molar-refractivity contribution in [3.05, 3.63) is 60.2 Å². The van der Waals surface area contributed by atoms with Crippen LogP contribution in [0.15, 0.2) is 59.6 Å². The van der Waals surface area contributed by atoms with E-state index in [9.17, 15) is 4.57 Å². The second kappa shape index (κ2) is 6.25. The van der Waals surface area contributed by atoms with E-state index in [-0.39, 0.29) is 11.5 Å². The van der Waals surface area contributed by atoms with E-state index in [0.29, 0.717) is 12.5 Å². The minimum atomic E-state index is -1.66. The van der Waals surface area contributed by atoms with Gasteiger partial charge in [-0.3, -0.25) is 0 Å². The van der Waals surface area contributed by atoms with Crippen LogP contribution in [0.2, 0.25) is 0 Å². The number of benzene rings is 2. The van der Waals surface area contributed by atoms with Gasteiger partial charge in [-0.1, -0.05) is 55.7 Å². The van der Waals surface area contributed by atoms with Crippen LogP contribution in [0.4, 0.5) is 0 Å². The maximum atomic E-state index is 12.9. The molecule has 1 aliphatic heterocycles. The lowest BCUT2D eigenvalue weighted by Gasteiger charge is -2.21. The fourth-order valence-corrected chi connectivity index (χ4v) is 3.83. The lowest BCUT2D eigenvalue weighted by atomic mass is 9.88. The molecule has 0 amide bonds. The third-order valence-corrected chi connectivity index (χ3v) is 5.59. The first kappa shape index (κ1) is 15.9. The van der Waals surface area contributed by atoms with Gasteiger partial charge in [0.15, 0.2) is 5.30 Å². The highest BCUT2D eigenvalue weighted by Crippen LogP contribution is 2.29. The summed E-state index contributed by atoms with van der Waals surface area (Å²) < 4.78 is 18.8. The van der Waals surface area contributed by atoms with E-state index in [1.54, 1.807) is 0 Å². The second-order valence-corrected chi connectivity index (χ2v) is 8.36. The van der Waals surface area contributed by atoms with Crippen molar-refractivity contribution in [2.45, 2.75) is 26.8 Å². The Labute approximate surface area is 138 Å². The summed E-state index contributed by atoms with van der Waals surface area (Å²) in [6.45, 7) is 7.05. The molecule has 0 aromatic heterocycles. The number of rotatable bonds is 3. The van der Waals surface area contributed by atoms with Gasteiger partial charge < -0.3 is 4.74 Å². The van der Waals surface area contributed by atoms with Crippen molar-refractivity contribution in [3.8, 4) is 0 Å². The van der Waals surface area contributed by atoms with E-state index in [4.69, 9.17) is 9.73 Å². The smallest absolute Gasteiger partial charge is 0.416 e. The van der Waals surface area contributed by atoms with Crippen LogP contribution >= 0.6 is 7.80 Å². The molecular weight excluding hydrogens is 305 g/mol. The zero-order valence-corrected chi connectivity index (χ0v) is 14.6. The molecule has 1 unspecified atom stereocenters. The van der Waals surface area contributed by atoms with Gasteiger partial charge in [0.05, 0.1) is 11.6 Å². The molecule has 1 heterocycles. The molecular formula is C19H21NO2P+. The fraction of sp³-hybridized carbons (Fsp3) is 0.316. The number of nitrogens with zero attached hydrogens (tertiary/aromatic N) is 1. The minimum absolute atomic E-state index is 0.0539. The molecule has 0 saturated carbocycles. The highest BCUT2D eigenvalue weighted by molar-refractivity contribution is 7.61. The van der Waals surface area contributed by atoms with Crippen molar-refractivity contribution in [2.24, 2.45) is 10.4 Å². The van der Waals surface area contributed by atoms with E-state index >= 15 is 0 Å². The first-order valence-corrected chi connectivity index (χ1v) is 9.05.